The van der Waals surface area contributed by atoms with Crippen LogP contribution >= 0.6 is 46.4 Å². The third-order valence-corrected chi connectivity index (χ3v) is 3.25. The summed E-state index contributed by atoms with van der Waals surface area (Å²) in [4.78, 5) is 0. The molecule has 0 aromatic heterocycles. The van der Waals surface area contributed by atoms with Crippen LogP contribution in [0, 0.1) is 11.3 Å². The smallest absolute Gasteiger partial charge is 0.194 e. The van der Waals surface area contributed by atoms with E-state index < -0.39 is 6.17 Å². The molecule has 0 amide bonds. The molecule has 0 atom stereocenters. The van der Waals surface area contributed by atoms with Gasteiger partial charge in [-0.1, -0.05) is 46.4 Å². The summed E-state index contributed by atoms with van der Waals surface area (Å²) in [5, 5.41) is 26.0. The van der Waals surface area contributed by atoms with Crippen molar-refractivity contribution in [2.24, 2.45) is 20.5 Å². The lowest BCUT2D eigenvalue weighted by molar-refractivity contribution is 0.780. The number of benzene rings is 2. The van der Waals surface area contributed by atoms with Crippen molar-refractivity contribution in [3.8, 4) is 6.07 Å². The van der Waals surface area contributed by atoms with Crippen LogP contribution in [-0.4, -0.2) is 6.17 Å². The van der Waals surface area contributed by atoms with Crippen LogP contribution in [0.3, 0.4) is 0 Å². The van der Waals surface area contributed by atoms with E-state index in [4.69, 9.17) is 51.7 Å². The van der Waals surface area contributed by atoms with E-state index in [1.807, 2.05) is 6.07 Å². The Labute approximate surface area is 152 Å². The lowest BCUT2D eigenvalue weighted by Gasteiger charge is -1.98. The third kappa shape index (κ3) is 5.77. The minimum absolute atomic E-state index is 0.406. The van der Waals surface area contributed by atoms with Crippen LogP contribution in [0.5, 0.6) is 0 Å². The molecule has 9 heteroatoms. The van der Waals surface area contributed by atoms with Crippen LogP contribution in [0.1, 0.15) is 0 Å². The molecule has 116 valence electrons. The van der Waals surface area contributed by atoms with Crippen LogP contribution in [-0.2, 0) is 0 Å². The summed E-state index contributed by atoms with van der Waals surface area (Å²) in [7, 11) is 0. The number of hydrogen-bond donors (Lipinski definition) is 0. The monoisotopic (exact) mass is 385 g/mol. The molecule has 0 saturated heterocycles. The van der Waals surface area contributed by atoms with Crippen molar-refractivity contribution < 1.29 is 0 Å². The van der Waals surface area contributed by atoms with Gasteiger partial charge in [-0.05, 0) is 36.4 Å². The molecule has 0 radical (unpaired) electrons. The van der Waals surface area contributed by atoms with E-state index in [0.29, 0.717) is 31.5 Å². The SMILES string of the molecule is N#CC(N=Nc1cc(Cl)cc(Cl)c1)N=Nc1cc(Cl)cc(Cl)c1. The summed E-state index contributed by atoms with van der Waals surface area (Å²) in [5.74, 6) is 0. The summed E-state index contributed by atoms with van der Waals surface area (Å²) in [6, 6.07) is 11.2. The highest BCUT2D eigenvalue weighted by atomic mass is 35.5. The number of rotatable bonds is 4. The van der Waals surface area contributed by atoms with Gasteiger partial charge >= 0.3 is 0 Å². The first kappa shape index (κ1) is 17.6. The fourth-order valence-corrected chi connectivity index (χ4v) is 2.54. The van der Waals surface area contributed by atoms with Crippen molar-refractivity contribution in [3.05, 3.63) is 56.5 Å². The quantitative estimate of drug-likeness (QED) is 0.520. The minimum atomic E-state index is -1.12. The van der Waals surface area contributed by atoms with Crippen LogP contribution in [0.25, 0.3) is 0 Å². The van der Waals surface area contributed by atoms with Gasteiger partial charge in [0, 0.05) is 20.1 Å². The van der Waals surface area contributed by atoms with Gasteiger partial charge in [-0.2, -0.15) is 15.5 Å². The maximum absolute atomic E-state index is 9.04. The van der Waals surface area contributed by atoms with Crippen molar-refractivity contribution in [2.75, 3.05) is 0 Å². The van der Waals surface area contributed by atoms with Crippen molar-refractivity contribution in [3.63, 3.8) is 0 Å². The van der Waals surface area contributed by atoms with Crippen LogP contribution in [0.15, 0.2) is 56.9 Å². The van der Waals surface area contributed by atoms with Gasteiger partial charge < -0.3 is 0 Å². The zero-order valence-corrected chi connectivity index (χ0v) is 14.3. The van der Waals surface area contributed by atoms with E-state index in [2.05, 4.69) is 20.5 Å². The molecule has 0 aliphatic rings. The Hall–Kier alpha value is -1.71. The van der Waals surface area contributed by atoms with Crippen LogP contribution in [0.2, 0.25) is 20.1 Å². The molecular weight excluding hydrogens is 380 g/mol. The summed E-state index contributed by atoms with van der Waals surface area (Å²) in [5.41, 5.74) is 0.813. The molecule has 0 heterocycles. The summed E-state index contributed by atoms with van der Waals surface area (Å²) in [6.07, 6.45) is -1.12. The van der Waals surface area contributed by atoms with E-state index in [-0.39, 0.29) is 0 Å². The van der Waals surface area contributed by atoms with Gasteiger partial charge in [-0.25, -0.2) is 0 Å². The first-order chi connectivity index (χ1) is 11.0. The zero-order chi connectivity index (χ0) is 16.8. The molecule has 2 aromatic carbocycles. The van der Waals surface area contributed by atoms with E-state index in [1.165, 1.54) is 0 Å². The summed E-state index contributed by atoms with van der Waals surface area (Å²) < 4.78 is 0. The zero-order valence-electron chi connectivity index (χ0n) is 11.3. The molecule has 23 heavy (non-hydrogen) atoms. The highest BCUT2D eigenvalue weighted by Gasteiger charge is 2.04. The largest absolute Gasteiger partial charge is 0.266 e. The predicted octanol–water partition coefficient (Wildman–Crippen LogP) is 7.02. The lowest BCUT2D eigenvalue weighted by atomic mass is 10.3. The fraction of sp³-hybridized carbons (Fsp3) is 0.0714. The Bertz CT molecular complexity index is 711. The Morgan fingerprint density at radius 2 is 1.04 bits per heavy atom. The van der Waals surface area contributed by atoms with Crippen LogP contribution < -0.4 is 0 Å². The standard InChI is InChI=1S/C14H7Cl4N5/c15-8-1-9(16)4-12(3-8)20-22-14(7-19)23-21-13-5-10(17)2-11(18)6-13/h1-6,14H. The third-order valence-electron chi connectivity index (χ3n) is 2.38. The van der Waals surface area contributed by atoms with Gasteiger partial charge in [0.2, 0.25) is 0 Å². The molecular formula is C14H7Cl4N5. The molecule has 0 aliphatic carbocycles. The summed E-state index contributed by atoms with van der Waals surface area (Å²) >= 11 is 23.4. The number of nitriles is 1. The average molecular weight is 387 g/mol. The van der Waals surface area contributed by atoms with E-state index in [1.54, 1.807) is 36.4 Å². The topological polar surface area (TPSA) is 73.2 Å². The molecule has 5 nitrogen and oxygen atoms in total. The molecule has 0 spiro atoms. The van der Waals surface area contributed by atoms with E-state index in [0.717, 1.165) is 0 Å². The number of nitrogens with zero attached hydrogens (tertiary/aromatic N) is 5. The molecule has 0 unspecified atom stereocenters. The van der Waals surface area contributed by atoms with Gasteiger partial charge in [-0.3, -0.25) is 0 Å². The van der Waals surface area contributed by atoms with Crippen molar-refractivity contribution in [1.29, 1.82) is 5.26 Å². The second kappa shape index (κ2) is 8.23. The van der Waals surface area contributed by atoms with Crippen molar-refractivity contribution in [1.82, 2.24) is 0 Å². The average Bonchev–Trinajstić information content (AvgIpc) is 2.45. The molecule has 0 fully saturated rings. The molecule has 2 rings (SSSR count). The normalized spacial score (nSPS) is 12.7. The molecule has 0 aliphatic heterocycles. The number of hydrogen-bond acceptors (Lipinski definition) is 5. The molecule has 0 N–H and O–H groups in total. The van der Waals surface area contributed by atoms with Crippen molar-refractivity contribution >= 4 is 57.8 Å². The Morgan fingerprint density at radius 1 is 0.696 bits per heavy atom. The number of azo groups is 2. The highest BCUT2D eigenvalue weighted by Crippen LogP contribution is 2.26. The number of halogens is 4. The summed E-state index contributed by atoms with van der Waals surface area (Å²) in [6.45, 7) is 0. The maximum Gasteiger partial charge on any atom is 0.266 e. The first-order valence-corrected chi connectivity index (χ1v) is 7.61. The first-order valence-electron chi connectivity index (χ1n) is 6.10. The molecule has 2 aromatic rings. The fourth-order valence-electron chi connectivity index (χ4n) is 1.51. The van der Waals surface area contributed by atoms with E-state index in [9.17, 15) is 0 Å². The second-order valence-corrected chi connectivity index (χ2v) is 5.93. The predicted molar refractivity (Wildman–Crippen MR) is 91.4 cm³/mol. The molecule has 0 bridgehead atoms. The second-order valence-electron chi connectivity index (χ2n) is 4.19. The van der Waals surface area contributed by atoms with Gasteiger partial charge in [-0.15, -0.1) is 10.2 Å². The highest BCUT2D eigenvalue weighted by molar-refractivity contribution is 6.35. The van der Waals surface area contributed by atoms with Gasteiger partial charge in [0.15, 0.2) is 0 Å². The Balaban J connectivity index is 2.15. The van der Waals surface area contributed by atoms with Crippen molar-refractivity contribution in [2.45, 2.75) is 6.17 Å². The van der Waals surface area contributed by atoms with Gasteiger partial charge in [0.05, 0.1) is 11.4 Å². The van der Waals surface area contributed by atoms with Gasteiger partial charge in [0.1, 0.15) is 6.07 Å². The maximum atomic E-state index is 9.04. The Kier molecular flexibility index (Phi) is 6.31. The lowest BCUT2D eigenvalue weighted by Crippen LogP contribution is -1.92. The van der Waals surface area contributed by atoms with Gasteiger partial charge in [0.25, 0.3) is 6.17 Å². The minimum Gasteiger partial charge on any atom is -0.194 e. The van der Waals surface area contributed by atoms with Crippen LogP contribution in [0.4, 0.5) is 11.4 Å². The van der Waals surface area contributed by atoms with E-state index >= 15 is 0 Å². The Morgan fingerprint density at radius 3 is 1.35 bits per heavy atom. The molecule has 0 saturated carbocycles.